The summed E-state index contributed by atoms with van der Waals surface area (Å²) in [6.45, 7) is 4.63. The molecule has 22 heavy (non-hydrogen) atoms. The molecule has 0 saturated carbocycles. The van der Waals surface area contributed by atoms with Gasteiger partial charge in [-0.15, -0.1) is 0 Å². The number of hydrogen-bond donors (Lipinski definition) is 1. The van der Waals surface area contributed by atoms with E-state index in [2.05, 4.69) is 10.2 Å². The van der Waals surface area contributed by atoms with Crippen LogP contribution in [0.2, 0.25) is 0 Å². The van der Waals surface area contributed by atoms with E-state index in [1.54, 1.807) is 0 Å². The van der Waals surface area contributed by atoms with Crippen LogP contribution in [-0.2, 0) is 9.47 Å². The monoisotopic (exact) mass is 304 g/mol. The van der Waals surface area contributed by atoms with Crippen molar-refractivity contribution in [3.8, 4) is 0 Å². The zero-order valence-electron chi connectivity index (χ0n) is 12.9. The lowest BCUT2D eigenvalue weighted by Crippen LogP contribution is -2.38. The van der Waals surface area contributed by atoms with Crippen LogP contribution in [0.15, 0.2) is 24.3 Å². The minimum absolute atomic E-state index is 0.0000822. The van der Waals surface area contributed by atoms with Gasteiger partial charge in [0, 0.05) is 31.9 Å². The summed E-state index contributed by atoms with van der Waals surface area (Å²) >= 11 is 0. The van der Waals surface area contributed by atoms with Gasteiger partial charge in [0.25, 0.3) is 5.91 Å². The first-order valence-electron chi connectivity index (χ1n) is 8.16. The third kappa shape index (κ3) is 3.78. The molecule has 0 aromatic heterocycles. The van der Waals surface area contributed by atoms with Crippen molar-refractivity contribution in [2.75, 3.05) is 44.4 Å². The Kier molecular flexibility index (Phi) is 5.29. The topological polar surface area (TPSA) is 50.8 Å². The van der Waals surface area contributed by atoms with Crippen LogP contribution < -0.4 is 10.2 Å². The molecule has 1 atom stereocenters. The summed E-state index contributed by atoms with van der Waals surface area (Å²) in [6, 6.07) is 7.80. The van der Waals surface area contributed by atoms with E-state index in [9.17, 15) is 4.79 Å². The zero-order chi connectivity index (χ0) is 15.2. The summed E-state index contributed by atoms with van der Waals surface area (Å²) in [5.74, 6) is 0.0000822. The fraction of sp³-hybridized carbons (Fsp3) is 0.588. The average Bonchev–Trinajstić information content (AvgIpc) is 3.09. The number of para-hydroxylation sites is 1. The van der Waals surface area contributed by atoms with Crippen molar-refractivity contribution in [2.45, 2.75) is 25.4 Å². The van der Waals surface area contributed by atoms with Crippen molar-refractivity contribution in [2.24, 2.45) is 0 Å². The molecular formula is C17H24N2O3. The number of benzene rings is 1. The Morgan fingerprint density at radius 1 is 1.23 bits per heavy atom. The fourth-order valence-electron chi connectivity index (χ4n) is 3.06. The number of rotatable bonds is 5. The number of morpholine rings is 1. The Morgan fingerprint density at radius 3 is 2.82 bits per heavy atom. The molecule has 0 radical (unpaired) electrons. The average molecular weight is 304 g/mol. The second-order valence-electron chi connectivity index (χ2n) is 5.80. The third-order valence-electron chi connectivity index (χ3n) is 4.28. The Labute approximate surface area is 131 Å². The number of hydrogen-bond acceptors (Lipinski definition) is 4. The van der Waals surface area contributed by atoms with Gasteiger partial charge >= 0.3 is 0 Å². The van der Waals surface area contributed by atoms with Crippen molar-refractivity contribution >= 4 is 11.6 Å². The van der Waals surface area contributed by atoms with Crippen LogP contribution in [0, 0.1) is 0 Å². The summed E-state index contributed by atoms with van der Waals surface area (Å²) in [7, 11) is 0. The van der Waals surface area contributed by atoms with Crippen LogP contribution in [0.25, 0.3) is 0 Å². The van der Waals surface area contributed by atoms with Crippen LogP contribution in [-0.4, -0.2) is 51.5 Å². The predicted molar refractivity (Wildman–Crippen MR) is 85.4 cm³/mol. The molecule has 2 fully saturated rings. The van der Waals surface area contributed by atoms with Crippen LogP contribution in [0.4, 0.5) is 5.69 Å². The number of amides is 1. The zero-order valence-corrected chi connectivity index (χ0v) is 12.9. The molecule has 0 spiro atoms. The first-order chi connectivity index (χ1) is 10.8. The molecule has 2 aliphatic rings. The van der Waals surface area contributed by atoms with Crippen molar-refractivity contribution in [1.29, 1.82) is 0 Å². The lowest BCUT2D eigenvalue weighted by Gasteiger charge is -2.30. The van der Waals surface area contributed by atoms with Gasteiger partial charge in [0.15, 0.2) is 0 Å². The summed E-state index contributed by atoms with van der Waals surface area (Å²) in [5.41, 5.74) is 1.75. The molecule has 2 saturated heterocycles. The van der Waals surface area contributed by atoms with Gasteiger partial charge < -0.3 is 19.7 Å². The second kappa shape index (κ2) is 7.61. The number of nitrogens with zero attached hydrogens (tertiary/aromatic N) is 1. The minimum atomic E-state index is 0.0000822. The molecule has 3 rings (SSSR count). The van der Waals surface area contributed by atoms with Crippen LogP contribution in [0.5, 0.6) is 0 Å². The Bertz CT molecular complexity index is 494. The van der Waals surface area contributed by atoms with Crippen molar-refractivity contribution < 1.29 is 14.3 Å². The molecule has 120 valence electrons. The van der Waals surface area contributed by atoms with E-state index in [1.807, 2.05) is 24.3 Å². The summed E-state index contributed by atoms with van der Waals surface area (Å²) in [4.78, 5) is 14.7. The molecule has 0 unspecified atom stereocenters. The quantitative estimate of drug-likeness (QED) is 0.901. The summed E-state index contributed by atoms with van der Waals surface area (Å²) < 4.78 is 11.0. The van der Waals surface area contributed by atoms with E-state index in [0.29, 0.717) is 12.6 Å². The van der Waals surface area contributed by atoms with Gasteiger partial charge in [0.05, 0.1) is 24.9 Å². The highest BCUT2D eigenvalue weighted by Gasteiger charge is 2.19. The van der Waals surface area contributed by atoms with Gasteiger partial charge in [0.1, 0.15) is 0 Å². The molecule has 1 aromatic carbocycles. The maximum absolute atomic E-state index is 12.5. The van der Waals surface area contributed by atoms with Gasteiger partial charge in [-0.3, -0.25) is 4.79 Å². The SMILES string of the molecule is O=C(NCC[C@H]1CCCO1)c1ccccc1N1CCOCC1. The fourth-order valence-corrected chi connectivity index (χ4v) is 3.06. The van der Waals surface area contributed by atoms with E-state index in [-0.39, 0.29) is 5.91 Å². The number of anilines is 1. The molecule has 0 aliphatic carbocycles. The third-order valence-corrected chi connectivity index (χ3v) is 4.28. The number of carbonyl (C=O) groups is 1. The van der Waals surface area contributed by atoms with Gasteiger partial charge in [-0.25, -0.2) is 0 Å². The largest absolute Gasteiger partial charge is 0.378 e. The summed E-state index contributed by atoms with van der Waals surface area (Å²) in [6.07, 6.45) is 3.46. The van der Waals surface area contributed by atoms with Gasteiger partial charge in [0.2, 0.25) is 0 Å². The summed E-state index contributed by atoms with van der Waals surface area (Å²) in [5, 5.41) is 3.03. The molecule has 1 aromatic rings. The molecule has 1 N–H and O–H groups in total. The molecule has 5 heteroatoms. The maximum Gasteiger partial charge on any atom is 0.253 e. The van der Waals surface area contributed by atoms with Crippen LogP contribution in [0.1, 0.15) is 29.6 Å². The van der Waals surface area contributed by atoms with Crippen molar-refractivity contribution in [3.05, 3.63) is 29.8 Å². The van der Waals surface area contributed by atoms with E-state index >= 15 is 0 Å². The molecule has 2 aliphatic heterocycles. The van der Waals surface area contributed by atoms with Crippen molar-refractivity contribution in [1.82, 2.24) is 5.32 Å². The lowest BCUT2D eigenvalue weighted by molar-refractivity contribution is 0.0906. The maximum atomic E-state index is 12.5. The highest BCUT2D eigenvalue weighted by atomic mass is 16.5. The lowest BCUT2D eigenvalue weighted by atomic mass is 10.1. The van der Waals surface area contributed by atoms with E-state index in [0.717, 1.165) is 63.4 Å². The van der Waals surface area contributed by atoms with E-state index < -0.39 is 0 Å². The van der Waals surface area contributed by atoms with Crippen LogP contribution >= 0.6 is 0 Å². The van der Waals surface area contributed by atoms with Gasteiger partial charge in [-0.1, -0.05) is 12.1 Å². The first-order valence-corrected chi connectivity index (χ1v) is 8.16. The number of nitrogens with one attached hydrogen (secondary N) is 1. The first kappa shape index (κ1) is 15.3. The molecule has 5 nitrogen and oxygen atoms in total. The Hall–Kier alpha value is -1.59. The van der Waals surface area contributed by atoms with E-state index in [4.69, 9.17) is 9.47 Å². The molecular weight excluding hydrogens is 280 g/mol. The number of carbonyl (C=O) groups excluding carboxylic acids is 1. The standard InChI is InChI=1S/C17H24N2O3/c20-17(18-8-7-14-4-3-11-22-14)15-5-1-2-6-16(15)19-9-12-21-13-10-19/h1-2,5-6,14H,3-4,7-13H2,(H,18,20)/t14-/m1/s1. The Balaban J connectivity index is 1.59. The normalized spacial score (nSPS) is 21.8. The highest BCUT2D eigenvalue weighted by molar-refractivity contribution is 5.99. The van der Waals surface area contributed by atoms with Gasteiger partial charge in [-0.05, 0) is 31.4 Å². The number of ether oxygens (including phenoxy) is 2. The van der Waals surface area contributed by atoms with E-state index in [1.165, 1.54) is 0 Å². The van der Waals surface area contributed by atoms with Crippen molar-refractivity contribution in [3.63, 3.8) is 0 Å². The second-order valence-corrected chi connectivity index (χ2v) is 5.80. The van der Waals surface area contributed by atoms with Gasteiger partial charge in [-0.2, -0.15) is 0 Å². The molecule has 0 bridgehead atoms. The highest BCUT2D eigenvalue weighted by Crippen LogP contribution is 2.21. The smallest absolute Gasteiger partial charge is 0.253 e. The predicted octanol–water partition coefficient (Wildman–Crippen LogP) is 1.82. The molecule has 2 heterocycles. The molecule has 1 amide bonds. The van der Waals surface area contributed by atoms with Crippen LogP contribution in [0.3, 0.4) is 0 Å². The Morgan fingerprint density at radius 2 is 2.05 bits per heavy atom. The minimum Gasteiger partial charge on any atom is -0.378 e.